The number of unbranched alkanes of at least 4 members (excludes halogenated alkanes) is 6. The summed E-state index contributed by atoms with van der Waals surface area (Å²) in [5.74, 6) is -1.67. The predicted molar refractivity (Wildman–Crippen MR) is 352 cm³/mol. The van der Waals surface area contributed by atoms with Crippen molar-refractivity contribution in [1.29, 1.82) is 0 Å². The molecule has 0 aliphatic rings. The van der Waals surface area contributed by atoms with Gasteiger partial charge in [-0.2, -0.15) is 0 Å². The van der Waals surface area contributed by atoms with E-state index in [9.17, 15) is 28.9 Å². The van der Waals surface area contributed by atoms with Crippen LogP contribution in [0.15, 0.2) is 194 Å². The lowest BCUT2D eigenvalue weighted by Crippen LogP contribution is -2.30. The monoisotopic (exact) mass is 1180 g/mol. The normalized spacial score (nSPS) is 14.6. The highest BCUT2D eigenvalue weighted by Crippen LogP contribution is 2.43. The van der Waals surface area contributed by atoms with Crippen LogP contribution in [-0.2, 0) is 42.2 Å². The van der Waals surface area contributed by atoms with Gasteiger partial charge in [-0.1, -0.05) is 228 Å². The van der Waals surface area contributed by atoms with Crippen LogP contribution >= 0.6 is 7.82 Å². The van der Waals surface area contributed by atoms with Crippen LogP contribution in [0.1, 0.15) is 201 Å². The average Bonchev–Trinajstić information content (AvgIpc) is 3.53. The fraction of sp³-hybridized carbons (Fsp3) is 0.514. The summed E-state index contributed by atoms with van der Waals surface area (Å²) < 4.78 is 39.5. The van der Waals surface area contributed by atoms with E-state index < -0.39 is 64.4 Å². The molecule has 3 atom stereocenters. The number of ether oxygens (including phenoxy) is 3. The summed E-state index contributed by atoms with van der Waals surface area (Å²) in [4.78, 5) is 48.7. The van der Waals surface area contributed by atoms with Crippen LogP contribution in [0.2, 0.25) is 0 Å². The maximum Gasteiger partial charge on any atom is 0.472 e. The third-order valence-electron chi connectivity index (χ3n) is 12.0. The van der Waals surface area contributed by atoms with E-state index >= 15 is 0 Å². The second-order valence-electron chi connectivity index (χ2n) is 19.7. The van der Waals surface area contributed by atoms with Crippen molar-refractivity contribution in [3.05, 3.63) is 194 Å². The van der Waals surface area contributed by atoms with Crippen molar-refractivity contribution >= 4 is 25.7 Å². The first kappa shape index (κ1) is 78.3. The van der Waals surface area contributed by atoms with Crippen LogP contribution in [0, 0.1) is 0 Å². The van der Waals surface area contributed by atoms with E-state index in [0.717, 1.165) is 135 Å². The van der Waals surface area contributed by atoms with E-state index in [1.165, 1.54) is 0 Å². The van der Waals surface area contributed by atoms with Crippen molar-refractivity contribution < 1.29 is 52.2 Å². The molecule has 2 N–H and O–H groups in total. The van der Waals surface area contributed by atoms with Crippen LogP contribution in [0.4, 0.5) is 0 Å². The molecule has 0 aromatic heterocycles. The van der Waals surface area contributed by atoms with Gasteiger partial charge in [0.2, 0.25) is 0 Å². The number of carbonyl (C=O) groups is 3. The minimum Gasteiger partial charge on any atom is -0.462 e. The molecule has 12 heteroatoms. The summed E-state index contributed by atoms with van der Waals surface area (Å²) in [7, 11) is -4.81. The summed E-state index contributed by atoms with van der Waals surface area (Å²) in [5, 5.41) is 9.85. The van der Waals surface area contributed by atoms with E-state index in [4.69, 9.17) is 23.3 Å². The zero-order valence-corrected chi connectivity index (χ0v) is 52.7. The standard InChI is InChI=1S/C72H109O11P/c1-4-7-10-13-16-19-22-25-28-31-34-37-40-43-46-49-52-55-58-61-70(74)79-65-69(83-72(76)63-60-57-54-51-48-45-42-39-36-33-30-27-24-21-18-15-12-9-6-3)67-81-84(77,78)80-66-68(64-73)82-71(75)62-59-56-53-50-47-44-41-38-35-32-29-26-23-20-17-14-11-8-5-2/h7-12,16-21,25-30,34-39,43-48,54,57,68-69,73H,4-6,13-15,22-24,31-33,40-42,49-53,55-56,58-67H2,1-3H3,(H,77,78)/b10-7-,11-8-,12-9-,19-16-,20-17-,21-18-,28-25-,29-26-,30-27-,37-34-,38-35-,39-36-,46-43-,47-44-,48-45-,57-54-. The van der Waals surface area contributed by atoms with Gasteiger partial charge in [0.15, 0.2) is 6.10 Å². The Morgan fingerprint density at radius 2 is 0.607 bits per heavy atom. The molecule has 84 heavy (non-hydrogen) atoms. The number of allylic oxidation sites excluding steroid dienone is 32. The highest BCUT2D eigenvalue weighted by atomic mass is 31.2. The maximum atomic E-state index is 13.0. The van der Waals surface area contributed by atoms with Crippen molar-refractivity contribution in [2.45, 2.75) is 213 Å². The first-order valence-corrected chi connectivity index (χ1v) is 32.8. The minimum absolute atomic E-state index is 0.0195. The Morgan fingerprint density at radius 3 is 0.940 bits per heavy atom. The Balaban J connectivity index is 4.94. The van der Waals surface area contributed by atoms with Crippen molar-refractivity contribution in [3.8, 4) is 0 Å². The van der Waals surface area contributed by atoms with Crippen molar-refractivity contribution in [3.63, 3.8) is 0 Å². The summed E-state index contributed by atoms with van der Waals surface area (Å²) in [6.45, 7) is 4.12. The first-order chi connectivity index (χ1) is 41.2. The van der Waals surface area contributed by atoms with Crippen molar-refractivity contribution in [2.75, 3.05) is 26.4 Å². The van der Waals surface area contributed by atoms with Gasteiger partial charge in [-0.15, -0.1) is 0 Å². The van der Waals surface area contributed by atoms with Gasteiger partial charge in [0.05, 0.1) is 19.8 Å². The van der Waals surface area contributed by atoms with E-state index in [-0.39, 0.29) is 19.3 Å². The molecule has 0 amide bonds. The number of phosphoric acid groups is 1. The van der Waals surface area contributed by atoms with E-state index in [2.05, 4.69) is 203 Å². The third-order valence-corrected chi connectivity index (χ3v) is 13.0. The topological polar surface area (TPSA) is 155 Å². The van der Waals surface area contributed by atoms with Crippen molar-refractivity contribution in [1.82, 2.24) is 0 Å². The molecule has 0 spiro atoms. The summed E-state index contributed by atoms with van der Waals surface area (Å²) in [6, 6.07) is 0. The molecule has 0 saturated carbocycles. The van der Waals surface area contributed by atoms with Gasteiger partial charge < -0.3 is 24.2 Å². The smallest absolute Gasteiger partial charge is 0.462 e. The minimum atomic E-state index is -4.81. The number of aliphatic hydroxyl groups is 1. The Kier molecular flexibility index (Phi) is 59.1. The molecule has 0 radical (unpaired) electrons. The fourth-order valence-electron chi connectivity index (χ4n) is 7.37. The number of esters is 3. The van der Waals surface area contributed by atoms with Gasteiger partial charge in [0.1, 0.15) is 12.7 Å². The molecule has 11 nitrogen and oxygen atoms in total. The summed E-state index contributed by atoms with van der Waals surface area (Å²) in [6.07, 6.45) is 88.3. The second-order valence-corrected chi connectivity index (χ2v) is 21.2. The Morgan fingerprint density at radius 1 is 0.333 bits per heavy atom. The van der Waals surface area contributed by atoms with Gasteiger partial charge in [0.25, 0.3) is 0 Å². The van der Waals surface area contributed by atoms with Crippen LogP contribution in [0.5, 0.6) is 0 Å². The number of aliphatic hydroxyl groups excluding tert-OH is 1. The molecule has 0 heterocycles. The van der Waals surface area contributed by atoms with E-state index in [1.54, 1.807) is 0 Å². The van der Waals surface area contributed by atoms with Crippen LogP contribution in [0.25, 0.3) is 0 Å². The zero-order chi connectivity index (χ0) is 61.2. The highest BCUT2D eigenvalue weighted by Gasteiger charge is 2.28. The SMILES string of the molecule is CC/C=C\C/C=C\C/C=C\C/C=C\C/C=C\C/C=C\CCC(=O)OC(COC(=O)CCCCC/C=C\C/C=C\C/C=C\C/C=C\C/C=C\CC)COP(=O)(O)OCC(CO)OC(=O)CCCCC/C=C\C/C=C\C/C=C\C/C=C\C/C=C\CC. The zero-order valence-electron chi connectivity index (χ0n) is 51.8. The maximum absolute atomic E-state index is 13.0. The number of carbonyl (C=O) groups excluding carboxylic acids is 3. The number of rotatable bonds is 55. The lowest BCUT2D eigenvalue weighted by molar-refractivity contribution is -0.161. The lowest BCUT2D eigenvalue weighted by Gasteiger charge is -2.21. The fourth-order valence-corrected chi connectivity index (χ4v) is 8.16. The van der Waals surface area contributed by atoms with E-state index in [0.29, 0.717) is 25.7 Å². The molecular weight excluding hydrogens is 1070 g/mol. The van der Waals surface area contributed by atoms with Gasteiger partial charge >= 0.3 is 25.7 Å². The van der Waals surface area contributed by atoms with Gasteiger partial charge in [-0.3, -0.25) is 23.4 Å². The average molecular weight is 1180 g/mol. The number of hydrogen-bond donors (Lipinski definition) is 2. The molecule has 0 aromatic carbocycles. The molecule has 3 unspecified atom stereocenters. The molecule has 468 valence electrons. The molecule has 0 aliphatic heterocycles. The quantitative estimate of drug-likeness (QED) is 0.0197. The third kappa shape index (κ3) is 60.9. The predicted octanol–water partition coefficient (Wildman–Crippen LogP) is 19.4. The second kappa shape index (κ2) is 63.3. The van der Waals surface area contributed by atoms with Crippen molar-refractivity contribution in [2.24, 2.45) is 0 Å². The largest absolute Gasteiger partial charge is 0.472 e. The molecule has 0 bridgehead atoms. The van der Waals surface area contributed by atoms with Crippen LogP contribution in [0.3, 0.4) is 0 Å². The molecule has 0 rings (SSSR count). The molecule has 0 aromatic rings. The molecule has 0 saturated heterocycles. The highest BCUT2D eigenvalue weighted by molar-refractivity contribution is 7.47. The summed E-state index contributed by atoms with van der Waals surface area (Å²) in [5.41, 5.74) is 0. The Bertz CT molecular complexity index is 2160. The Hall–Kier alpha value is -5.68. The van der Waals surface area contributed by atoms with Gasteiger partial charge in [-0.05, 0) is 148 Å². The lowest BCUT2D eigenvalue weighted by atomic mass is 10.1. The Labute approximate surface area is 509 Å². The molecule has 0 fully saturated rings. The van der Waals surface area contributed by atoms with E-state index in [1.807, 2.05) is 12.2 Å². The van der Waals surface area contributed by atoms with Crippen LogP contribution in [-0.4, -0.2) is 66.5 Å². The number of hydrogen-bond acceptors (Lipinski definition) is 10. The molecule has 0 aliphatic carbocycles. The molecular formula is C72H109O11P. The van der Waals surface area contributed by atoms with Gasteiger partial charge in [-0.25, -0.2) is 4.57 Å². The van der Waals surface area contributed by atoms with Crippen LogP contribution < -0.4 is 0 Å². The summed E-state index contributed by atoms with van der Waals surface area (Å²) >= 11 is 0. The first-order valence-electron chi connectivity index (χ1n) is 31.3. The van der Waals surface area contributed by atoms with Gasteiger partial charge in [0, 0.05) is 19.3 Å². The number of phosphoric ester groups is 1.